The van der Waals surface area contributed by atoms with Gasteiger partial charge in [0.1, 0.15) is 0 Å². The Morgan fingerprint density at radius 2 is 1.91 bits per heavy atom. The van der Waals surface area contributed by atoms with E-state index in [1.807, 2.05) is 42.5 Å². The lowest BCUT2D eigenvalue weighted by Gasteiger charge is -2.13. The molecule has 1 atom stereocenters. The normalized spacial score (nSPS) is 11.8. The molecule has 0 saturated carbocycles. The van der Waals surface area contributed by atoms with Gasteiger partial charge in [-0.25, -0.2) is 0 Å². The predicted molar refractivity (Wildman–Crippen MR) is 88.7 cm³/mol. The van der Waals surface area contributed by atoms with Crippen LogP contribution in [0.1, 0.15) is 25.0 Å². The summed E-state index contributed by atoms with van der Waals surface area (Å²) in [4.78, 5) is 0. The first-order valence-corrected chi connectivity index (χ1v) is 7.18. The SMILES string of the molecule is CC(=N)OC(=N)CC(O)c1cccc(-c2ccccc2Cl)c1. The van der Waals surface area contributed by atoms with Crippen molar-refractivity contribution in [1.82, 2.24) is 0 Å². The minimum Gasteiger partial charge on any atom is -0.430 e. The van der Waals surface area contributed by atoms with E-state index in [2.05, 4.69) is 0 Å². The predicted octanol–water partition coefficient (Wildman–Crippen LogP) is 4.42. The molecule has 0 amide bonds. The van der Waals surface area contributed by atoms with Crippen LogP contribution in [0.25, 0.3) is 11.1 Å². The zero-order valence-electron chi connectivity index (χ0n) is 12.1. The van der Waals surface area contributed by atoms with Crippen molar-refractivity contribution in [3.05, 3.63) is 59.1 Å². The average Bonchev–Trinajstić information content (AvgIpc) is 2.47. The van der Waals surface area contributed by atoms with Crippen molar-refractivity contribution < 1.29 is 9.84 Å². The Balaban J connectivity index is 2.20. The fourth-order valence-corrected chi connectivity index (χ4v) is 2.37. The zero-order valence-corrected chi connectivity index (χ0v) is 12.9. The van der Waals surface area contributed by atoms with Gasteiger partial charge in [-0.05, 0) is 23.3 Å². The summed E-state index contributed by atoms with van der Waals surface area (Å²) in [5.74, 6) is -0.204. The molecule has 0 spiro atoms. The van der Waals surface area contributed by atoms with Gasteiger partial charge < -0.3 is 9.84 Å². The molecule has 4 nitrogen and oxygen atoms in total. The van der Waals surface area contributed by atoms with E-state index in [1.165, 1.54) is 6.92 Å². The molecule has 2 aromatic carbocycles. The van der Waals surface area contributed by atoms with Crippen molar-refractivity contribution in [2.75, 3.05) is 0 Å². The molecule has 0 bridgehead atoms. The second kappa shape index (κ2) is 7.20. The Labute approximate surface area is 134 Å². The van der Waals surface area contributed by atoms with E-state index in [0.717, 1.165) is 11.1 Å². The summed E-state index contributed by atoms with van der Waals surface area (Å²) >= 11 is 6.19. The Morgan fingerprint density at radius 1 is 1.18 bits per heavy atom. The quantitative estimate of drug-likeness (QED) is 0.576. The van der Waals surface area contributed by atoms with Gasteiger partial charge in [0.15, 0.2) is 11.8 Å². The van der Waals surface area contributed by atoms with Crippen LogP contribution < -0.4 is 0 Å². The van der Waals surface area contributed by atoms with Gasteiger partial charge in [0.2, 0.25) is 0 Å². The number of halogens is 1. The number of hydrogen-bond donors (Lipinski definition) is 3. The highest BCUT2D eigenvalue weighted by Gasteiger charge is 2.13. The van der Waals surface area contributed by atoms with E-state index in [-0.39, 0.29) is 18.2 Å². The van der Waals surface area contributed by atoms with Gasteiger partial charge in [-0.1, -0.05) is 48.0 Å². The molecule has 0 aliphatic rings. The van der Waals surface area contributed by atoms with Crippen LogP contribution in [0, 0.1) is 10.8 Å². The largest absolute Gasteiger partial charge is 0.430 e. The smallest absolute Gasteiger partial charge is 0.191 e. The average molecular weight is 317 g/mol. The second-order valence-electron chi connectivity index (χ2n) is 4.91. The fourth-order valence-electron chi connectivity index (χ4n) is 2.13. The minimum atomic E-state index is -0.866. The first kappa shape index (κ1) is 16.2. The highest BCUT2D eigenvalue weighted by atomic mass is 35.5. The van der Waals surface area contributed by atoms with E-state index in [9.17, 15) is 5.11 Å². The van der Waals surface area contributed by atoms with Crippen LogP contribution in [-0.2, 0) is 4.74 Å². The number of aliphatic hydroxyl groups excluding tert-OH is 1. The molecule has 0 heterocycles. The molecule has 0 aliphatic carbocycles. The summed E-state index contributed by atoms with van der Waals surface area (Å²) in [5, 5.41) is 25.7. The van der Waals surface area contributed by atoms with E-state index in [1.54, 1.807) is 6.07 Å². The summed E-state index contributed by atoms with van der Waals surface area (Å²) in [6.45, 7) is 1.44. The molecule has 0 radical (unpaired) electrons. The number of benzene rings is 2. The molecular formula is C17H17ClN2O2. The number of hydrogen-bond acceptors (Lipinski definition) is 4. The molecule has 0 aliphatic heterocycles. The lowest BCUT2D eigenvalue weighted by Crippen LogP contribution is -2.12. The number of nitrogens with one attached hydrogen (secondary N) is 2. The summed E-state index contributed by atoms with van der Waals surface area (Å²) in [7, 11) is 0. The van der Waals surface area contributed by atoms with Crippen molar-refractivity contribution in [3.8, 4) is 11.1 Å². The zero-order chi connectivity index (χ0) is 16.1. The maximum absolute atomic E-state index is 10.2. The van der Waals surface area contributed by atoms with Crippen LogP contribution in [0.5, 0.6) is 0 Å². The Morgan fingerprint density at radius 3 is 2.59 bits per heavy atom. The monoisotopic (exact) mass is 316 g/mol. The first-order valence-electron chi connectivity index (χ1n) is 6.80. The molecule has 2 aromatic rings. The highest BCUT2D eigenvalue weighted by Crippen LogP contribution is 2.30. The van der Waals surface area contributed by atoms with E-state index >= 15 is 0 Å². The molecule has 2 rings (SSSR count). The Hall–Kier alpha value is -2.17. The minimum absolute atomic E-state index is 0.0161. The van der Waals surface area contributed by atoms with Gasteiger partial charge in [0, 0.05) is 17.5 Å². The second-order valence-corrected chi connectivity index (χ2v) is 5.31. The van der Waals surface area contributed by atoms with Crippen LogP contribution in [-0.4, -0.2) is 16.9 Å². The fraction of sp³-hybridized carbons (Fsp3) is 0.176. The molecule has 0 aromatic heterocycles. The molecule has 1 unspecified atom stereocenters. The first-order chi connectivity index (χ1) is 10.5. The third-order valence-electron chi connectivity index (χ3n) is 3.11. The summed E-state index contributed by atoms with van der Waals surface area (Å²) in [5.41, 5.74) is 2.46. The van der Waals surface area contributed by atoms with Gasteiger partial charge in [0.25, 0.3) is 0 Å². The van der Waals surface area contributed by atoms with Crippen molar-refractivity contribution in [2.24, 2.45) is 0 Å². The molecule has 5 heteroatoms. The van der Waals surface area contributed by atoms with Crippen LogP contribution in [0.3, 0.4) is 0 Å². The van der Waals surface area contributed by atoms with Gasteiger partial charge in [-0.2, -0.15) is 0 Å². The maximum atomic E-state index is 10.2. The molecular weight excluding hydrogens is 300 g/mol. The van der Waals surface area contributed by atoms with Crippen LogP contribution in [0.2, 0.25) is 5.02 Å². The van der Waals surface area contributed by atoms with E-state index < -0.39 is 6.10 Å². The molecule has 114 valence electrons. The third-order valence-corrected chi connectivity index (χ3v) is 3.44. The van der Waals surface area contributed by atoms with Crippen molar-refractivity contribution in [2.45, 2.75) is 19.4 Å². The Kier molecular flexibility index (Phi) is 5.31. The lowest BCUT2D eigenvalue weighted by atomic mass is 9.99. The maximum Gasteiger partial charge on any atom is 0.191 e. The van der Waals surface area contributed by atoms with Crippen LogP contribution in [0.4, 0.5) is 0 Å². The van der Waals surface area contributed by atoms with E-state index in [0.29, 0.717) is 10.6 Å². The summed E-state index contributed by atoms with van der Waals surface area (Å²) in [6, 6.07) is 14.9. The van der Waals surface area contributed by atoms with Crippen molar-refractivity contribution >= 4 is 23.4 Å². The van der Waals surface area contributed by atoms with Crippen LogP contribution >= 0.6 is 11.6 Å². The number of ether oxygens (including phenoxy) is 1. The van der Waals surface area contributed by atoms with Gasteiger partial charge >= 0.3 is 0 Å². The third kappa shape index (κ3) is 4.16. The summed E-state index contributed by atoms with van der Waals surface area (Å²) < 4.78 is 4.86. The highest BCUT2D eigenvalue weighted by molar-refractivity contribution is 6.33. The standard InChI is InChI=1S/C17H17ClN2O2/c1-11(19)22-17(20)10-16(21)13-6-4-5-12(9-13)14-7-2-3-8-15(14)18/h2-9,16,19-21H,10H2,1H3. The van der Waals surface area contributed by atoms with Gasteiger partial charge in [-0.3, -0.25) is 10.8 Å². The molecule has 3 N–H and O–H groups in total. The Bertz CT molecular complexity index is 701. The molecule has 0 saturated heterocycles. The molecule has 22 heavy (non-hydrogen) atoms. The lowest BCUT2D eigenvalue weighted by molar-refractivity contribution is 0.180. The topological polar surface area (TPSA) is 77.2 Å². The molecule has 0 fully saturated rings. The van der Waals surface area contributed by atoms with Crippen molar-refractivity contribution in [3.63, 3.8) is 0 Å². The number of rotatable bonds is 4. The van der Waals surface area contributed by atoms with E-state index in [4.69, 9.17) is 27.2 Å². The van der Waals surface area contributed by atoms with Crippen LogP contribution in [0.15, 0.2) is 48.5 Å². The van der Waals surface area contributed by atoms with Gasteiger partial charge in [-0.15, -0.1) is 0 Å². The van der Waals surface area contributed by atoms with Crippen molar-refractivity contribution in [1.29, 1.82) is 10.8 Å². The number of aliphatic hydroxyl groups is 1. The van der Waals surface area contributed by atoms with Gasteiger partial charge in [0.05, 0.1) is 12.5 Å². The summed E-state index contributed by atoms with van der Waals surface area (Å²) in [6.07, 6.45) is -0.850.